The minimum Gasteiger partial charge on any atom is -0.480 e. The third-order valence-electron chi connectivity index (χ3n) is 4.41. The van der Waals surface area contributed by atoms with Gasteiger partial charge in [-0.05, 0) is 49.9 Å². The normalized spacial score (nSPS) is 24.7. The first-order chi connectivity index (χ1) is 9.31. The highest BCUT2D eigenvalue weighted by Gasteiger charge is 2.30. The van der Waals surface area contributed by atoms with Crippen LogP contribution in [0.15, 0.2) is 0 Å². The van der Waals surface area contributed by atoms with Gasteiger partial charge in [-0.1, -0.05) is 27.7 Å². The summed E-state index contributed by atoms with van der Waals surface area (Å²) in [5.74, 6) is 0.645. The third-order valence-corrected chi connectivity index (χ3v) is 4.41. The fourth-order valence-corrected chi connectivity index (χ4v) is 3.03. The maximum atomic E-state index is 12.2. The summed E-state index contributed by atoms with van der Waals surface area (Å²) in [6.45, 7) is 8.40. The number of aliphatic carboxylic acids is 1. The molecule has 1 aliphatic carbocycles. The highest BCUT2D eigenvalue weighted by atomic mass is 16.4. The van der Waals surface area contributed by atoms with Gasteiger partial charge in [-0.25, -0.2) is 4.79 Å². The molecule has 20 heavy (non-hydrogen) atoms. The van der Waals surface area contributed by atoms with E-state index in [0.29, 0.717) is 18.3 Å². The van der Waals surface area contributed by atoms with Crippen LogP contribution in [0.5, 0.6) is 0 Å². The molecule has 0 spiro atoms. The van der Waals surface area contributed by atoms with Crippen LogP contribution in [-0.2, 0) is 9.59 Å². The van der Waals surface area contributed by atoms with Crippen LogP contribution in [0.1, 0.15) is 59.8 Å². The largest absolute Gasteiger partial charge is 0.480 e. The summed E-state index contributed by atoms with van der Waals surface area (Å²) in [5.41, 5.74) is 0. The van der Waals surface area contributed by atoms with Crippen molar-refractivity contribution in [2.24, 2.45) is 23.7 Å². The molecular weight excluding hydrogens is 254 g/mol. The standard InChI is InChI=1S/C16H29NO3/c1-10(2)9-14(16(19)20)17-15(18)13-7-5-12(6-8-13)11(3)4/h10-14H,5-9H2,1-4H3,(H,17,18)(H,19,20)/t12?,13?,14-/m0/s1. The molecule has 0 unspecified atom stereocenters. The molecule has 2 N–H and O–H groups in total. The maximum absolute atomic E-state index is 12.2. The Morgan fingerprint density at radius 3 is 2.05 bits per heavy atom. The van der Waals surface area contributed by atoms with Crippen molar-refractivity contribution in [2.45, 2.75) is 65.8 Å². The Morgan fingerprint density at radius 2 is 1.65 bits per heavy atom. The van der Waals surface area contributed by atoms with Gasteiger partial charge in [-0.15, -0.1) is 0 Å². The molecule has 4 nitrogen and oxygen atoms in total. The Labute approximate surface area is 122 Å². The molecule has 1 atom stereocenters. The molecule has 0 aliphatic heterocycles. The number of rotatable bonds is 6. The lowest BCUT2D eigenvalue weighted by atomic mass is 9.76. The van der Waals surface area contributed by atoms with Gasteiger partial charge in [0.15, 0.2) is 0 Å². The second kappa shape index (κ2) is 7.65. The van der Waals surface area contributed by atoms with Crippen molar-refractivity contribution in [3.63, 3.8) is 0 Å². The first-order valence-corrected chi connectivity index (χ1v) is 7.84. The van der Waals surface area contributed by atoms with Crippen LogP contribution in [0.25, 0.3) is 0 Å². The van der Waals surface area contributed by atoms with Crippen molar-refractivity contribution >= 4 is 11.9 Å². The van der Waals surface area contributed by atoms with Gasteiger partial charge in [0.05, 0.1) is 0 Å². The van der Waals surface area contributed by atoms with Crippen LogP contribution in [0.3, 0.4) is 0 Å². The van der Waals surface area contributed by atoms with Gasteiger partial charge in [-0.2, -0.15) is 0 Å². The quantitative estimate of drug-likeness (QED) is 0.787. The average Bonchev–Trinajstić information content (AvgIpc) is 2.37. The number of hydrogen-bond donors (Lipinski definition) is 2. The van der Waals surface area contributed by atoms with E-state index in [1.54, 1.807) is 0 Å². The highest BCUT2D eigenvalue weighted by molar-refractivity contribution is 5.85. The Kier molecular flexibility index (Phi) is 6.50. The number of hydrogen-bond acceptors (Lipinski definition) is 2. The third kappa shape index (κ3) is 5.14. The summed E-state index contributed by atoms with van der Waals surface area (Å²) in [6, 6.07) is -0.745. The second-order valence-corrected chi connectivity index (χ2v) is 6.88. The van der Waals surface area contributed by atoms with Crippen LogP contribution in [0.2, 0.25) is 0 Å². The highest BCUT2D eigenvalue weighted by Crippen LogP contribution is 2.33. The zero-order valence-corrected chi connectivity index (χ0v) is 13.2. The van der Waals surface area contributed by atoms with Gasteiger partial charge < -0.3 is 10.4 Å². The minimum atomic E-state index is -0.928. The molecule has 0 aromatic heterocycles. The number of carbonyl (C=O) groups is 2. The molecule has 116 valence electrons. The van der Waals surface area contributed by atoms with Crippen LogP contribution in [0.4, 0.5) is 0 Å². The van der Waals surface area contributed by atoms with Crippen molar-refractivity contribution < 1.29 is 14.7 Å². The SMILES string of the molecule is CC(C)C[C@H](NC(=O)C1CCC(C(C)C)CC1)C(=O)O. The topological polar surface area (TPSA) is 66.4 Å². The summed E-state index contributed by atoms with van der Waals surface area (Å²) < 4.78 is 0. The van der Waals surface area contributed by atoms with E-state index >= 15 is 0 Å². The Balaban J connectivity index is 2.48. The van der Waals surface area contributed by atoms with E-state index in [0.717, 1.165) is 25.7 Å². The number of carboxylic acid groups (broad SMARTS) is 1. The summed E-state index contributed by atoms with van der Waals surface area (Å²) in [6.07, 6.45) is 4.43. The lowest BCUT2D eigenvalue weighted by molar-refractivity contribution is -0.143. The van der Waals surface area contributed by atoms with E-state index in [1.165, 1.54) is 0 Å². The number of nitrogens with one attached hydrogen (secondary N) is 1. The summed E-state index contributed by atoms with van der Waals surface area (Å²) in [5, 5.41) is 11.9. The fourth-order valence-electron chi connectivity index (χ4n) is 3.03. The van der Waals surface area contributed by atoms with Crippen LogP contribution in [0, 0.1) is 23.7 Å². The van der Waals surface area contributed by atoms with E-state index in [-0.39, 0.29) is 17.7 Å². The molecule has 1 rings (SSSR count). The van der Waals surface area contributed by atoms with Gasteiger partial charge in [0.25, 0.3) is 0 Å². The van der Waals surface area contributed by atoms with E-state index in [2.05, 4.69) is 19.2 Å². The molecule has 1 fully saturated rings. The van der Waals surface area contributed by atoms with Gasteiger partial charge in [0, 0.05) is 5.92 Å². The molecule has 0 bridgehead atoms. The molecule has 0 heterocycles. The van der Waals surface area contributed by atoms with Gasteiger partial charge in [0.2, 0.25) is 5.91 Å². The average molecular weight is 283 g/mol. The summed E-state index contributed by atoms with van der Waals surface area (Å²) in [7, 11) is 0. The maximum Gasteiger partial charge on any atom is 0.326 e. The molecule has 0 aromatic carbocycles. The lowest BCUT2D eigenvalue weighted by Gasteiger charge is -2.30. The summed E-state index contributed by atoms with van der Waals surface area (Å²) >= 11 is 0. The van der Waals surface area contributed by atoms with E-state index < -0.39 is 12.0 Å². The molecule has 1 aliphatic rings. The second-order valence-electron chi connectivity index (χ2n) is 6.88. The molecule has 1 amide bonds. The molecule has 0 radical (unpaired) electrons. The molecule has 4 heteroatoms. The lowest BCUT2D eigenvalue weighted by Crippen LogP contribution is -2.45. The van der Waals surface area contributed by atoms with Crippen LogP contribution in [-0.4, -0.2) is 23.0 Å². The van der Waals surface area contributed by atoms with Crippen molar-refractivity contribution in [3.8, 4) is 0 Å². The minimum absolute atomic E-state index is 0.000915. The Morgan fingerprint density at radius 1 is 1.10 bits per heavy atom. The monoisotopic (exact) mass is 283 g/mol. The number of amides is 1. The number of carbonyl (C=O) groups excluding carboxylic acids is 1. The number of carboxylic acids is 1. The Bertz CT molecular complexity index is 331. The van der Waals surface area contributed by atoms with E-state index in [1.807, 2.05) is 13.8 Å². The predicted octanol–water partition coefficient (Wildman–Crippen LogP) is 3.06. The first kappa shape index (κ1) is 17.0. The van der Waals surface area contributed by atoms with Crippen molar-refractivity contribution in [3.05, 3.63) is 0 Å². The molecular formula is C16H29NO3. The van der Waals surface area contributed by atoms with Crippen LogP contribution < -0.4 is 5.32 Å². The zero-order chi connectivity index (χ0) is 15.3. The zero-order valence-electron chi connectivity index (χ0n) is 13.2. The van der Waals surface area contributed by atoms with E-state index in [4.69, 9.17) is 5.11 Å². The van der Waals surface area contributed by atoms with Crippen molar-refractivity contribution in [2.75, 3.05) is 0 Å². The first-order valence-electron chi connectivity index (χ1n) is 7.84. The molecule has 0 saturated heterocycles. The summed E-state index contributed by atoms with van der Waals surface area (Å²) in [4.78, 5) is 23.4. The fraction of sp³-hybridized carbons (Fsp3) is 0.875. The molecule has 1 saturated carbocycles. The smallest absolute Gasteiger partial charge is 0.326 e. The van der Waals surface area contributed by atoms with Crippen molar-refractivity contribution in [1.29, 1.82) is 0 Å². The Hall–Kier alpha value is -1.06. The predicted molar refractivity (Wildman–Crippen MR) is 79.3 cm³/mol. The van der Waals surface area contributed by atoms with Gasteiger partial charge in [-0.3, -0.25) is 4.79 Å². The van der Waals surface area contributed by atoms with Crippen molar-refractivity contribution in [1.82, 2.24) is 5.32 Å². The van der Waals surface area contributed by atoms with Gasteiger partial charge >= 0.3 is 5.97 Å². The van der Waals surface area contributed by atoms with Crippen LogP contribution >= 0.6 is 0 Å². The molecule has 0 aromatic rings. The van der Waals surface area contributed by atoms with E-state index in [9.17, 15) is 9.59 Å². The van der Waals surface area contributed by atoms with Gasteiger partial charge in [0.1, 0.15) is 6.04 Å².